The molecular formula is C17H31IN6O2. The Bertz CT molecular complexity index is 590. The van der Waals surface area contributed by atoms with Crippen LogP contribution in [-0.2, 0) is 11.2 Å². The molecule has 2 heterocycles. The summed E-state index contributed by atoms with van der Waals surface area (Å²) in [4.78, 5) is 22.8. The van der Waals surface area contributed by atoms with Crippen LogP contribution >= 0.6 is 24.0 Å². The number of carbonyl (C=O) groups excluding carboxylic acids is 1. The van der Waals surface area contributed by atoms with Gasteiger partial charge in [-0.3, -0.25) is 9.79 Å². The number of nitrogens with one attached hydrogen (secondary N) is 2. The number of halogens is 1. The Balaban J connectivity index is 0.00000338. The molecule has 0 aliphatic carbocycles. The Morgan fingerprint density at radius 1 is 1.46 bits per heavy atom. The number of nitrogens with zero attached hydrogens (tertiary/aromatic N) is 4. The Labute approximate surface area is 172 Å². The third-order valence-electron chi connectivity index (χ3n) is 4.07. The number of hydrogen-bond donors (Lipinski definition) is 2. The van der Waals surface area contributed by atoms with Crippen molar-refractivity contribution in [3.05, 3.63) is 11.7 Å². The van der Waals surface area contributed by atoms with Gasteiger partial charge in [0.2, 0.25) is 11.8 Å². The lowest BCUT2D eigenvalue weighted by Gasteiger charge is -2.20. The predicted molar refractivity (Wildman–Crippen MR) is 112 cm³/mol. The molecule has 0 saturated carbocycles. The minimum Gasteiger partial charge on any atom is -0.357 e. The molecule has 1 atom stereocenters. The predicted octanol–water partition coefficient (Wildman–Crippen LogP) is 1.74. The highest BCUT2D eigenvalue weighted by atomic mass is 127. The molecule has 0 radical (unpaired) electrons. The Kier molecular flexibility index (Phi) is 9.89. The van der Waals surface area contributed by atoms with Gasteiger partial charge < -0.3 is 20.1 Å². The van der Waals surface area contributed by atoms with Gasteiger partial charge in [0.25, 0.3) is 0 Å². The van der Waals surface area contributed by atoms with E-state index in [0.717, 1.165) is 44.9 Å². The van der Waals surface area contributed by atoms with Gasteiger partial charge in [0.1, 0.15) is 0 Å². The third-order valence-corrected chi connectivity index (χ3v) is 4.07. The molecule has 2 rings (SSSR count). The normalized spacial score (nSPS) is 17.3. The van der Waals surface area contributed by atoms with Crippen molar-refractivity contribution in [2.45, 2.75) is 53.0 Å². The van der Waals surface area contributed by atoms with Gasteiger partial charge in [-0.2, -0.15) is 4.98 Å². The number of aryl methyl sites for hydroxylation is 2. The number of guanidine groups is 1. The Hall–Kier alpha value is -1.39. The number of likely N-dealkylation sites (tertiary alicyclic amines) is 1. The van der Waals surface area contributed by atoms with Gasteiger partial charge >= 0.3 is 0 Å². The fraction of sp³-hybridized carbons (Fsp3) is 0.765. The van der Waals surface area contributed by atoms with E-state index in [-0.39, 0.29) is 41.8 Å². The molecule has 0 bridgehead atoms. The molecule has 26 heavy (non-hydrogen) atoms. The zero-order valence-corrected chi connectivity index (χ0v) is 18.4. The lowest BCUT2D eigenvalue weighted by Crippen LogP contribution is -2.45. The van der Waals surface area contributed by atoms with Crippen LogP contribution in [0.5, 0.6) is 0 Å². The van der Waals surface area contributed by atoms with Gasteiger partial charge in [-0.1, -0.05) is 19.0 Å². The number of aromatic nitrogens is 2. The third kappa shape index (κ3) is 7.08. The molecule has 8 nitrogen and oxygen atoms in total. The molecule has 1 aromatic heterocycles. The van der Waals surface area contributed by atoms with Crippen molar-refractivity contribution in [3.63, 3.8) is 0 Å². The molecule has 2 N–H and O–H groups in total. The summed E-state index contributed by atoms with van der Waals surface area (Å²) in [7, 11) is 0. The summed E-state index contributed by atoms with van der Waals surface area (Å²) >= 11 is 0. The van der Waals surface area contributed by atoms with E-state index in [1.165, 1.54) is 0 Å². The monoisotopic (exact) mass is 478 g/mol. The SMILES string of the molecule is CCNC(=NCCCc1nc(C)no1)NC1CCN(C(=O)C(C)C)C1.I. The van der Waals surface area contributed by atoms with Crippen molar-refractivity contribution in [1.82, 2.24) is 25.7 Å². The van der Waals surface area contributed by atoms with Crippen LogP contribution in [0.4, 0.5) is 0 Å². The zero-order valence-electron chi connectivity index (χ0n) is 16.1. The van der Waals surface area contributed by atoms with Crippen molar-refractivity contribution >= 4 is 35.8 Å². The highest BCUT2D eigenvalue weighted by Gasteiger charge is 2.27. The first-order valence-corrected chi connectivity index (χ1v) is 9.12. The molecule has 0 aromatic carbocycles. The van der Waals surface area contributed by atoms with Crippen LogP contribution in [-0.4, -0.2) is 59.1 Å². The molecule has 1 aliphatic rings. The van der Waals surface area contributed by atoms with Gasteiger partial charge in [-0.15, -0.1) is 24.0 Å². The first-order valence-electron chi connectivity index (χ1n) is 9.12. The second-order valence-electron chi connectivity index (χ2n) is 6.67. The van der Waals surface area contributed by atoms with E-state index in [1.54, 1.807) is 0 Å². The topological polar surface area (TPSA) is 95.7 Å². The summed E-state index contributed by atoms with van der Waals surface area (Å²) in [6, 6.07) is 0.249. The van der Waals surface area contributed by atoms with E-state index in [4.69, 9.17) is 4.52 Å². The Morgan fingerprint density at radius 2 is 2.23 bits per heavy atom. The van der Waals surface area contributed by atoms with Crippen molar-refractivity contribution < 1.29 is 9.32 Å². The molecule has 1 amide bonds. The van der Waals surface area contributed by atoms with Crippen molar-refractivity contribution in [2.24, 2.45) is 10.9 Å². The molecular weight excluding hydrogens is 447 g/mol. The minimum absolute atomic E-state index is 0. The molecule has 9 heteroatoms. The lowest BCUT2D eigenvalue weighted by atomic mass is 10.2. The van der Waals surface area contributed by atoms with E-state index < -0.39 is 0 Å². The number of carbonyl (C=O) groups is 1. The second kappa shape index (κ2) is 11.3. The summed E-state index contributed by atoms with van der Waals surface area (Å²) in [5.41, 5.74) is 0. The van der Waals surface area contributed by atoms with E-state index in [1.807, 2.05) is 32.6 Å². The highest BCUT2D eigenvalue weighted by molar-refractivity contribution is 14.0. The van der Waals surface area contributed by atoms with Crippen LogP contribution in [0.2, 0.25) is 0 Å². The fourth-order valence-electron chi connectivity index (χ4n) is 2.82. The average molecular weight is 478 g/mol. The Morgan fingerprint density at radius 3 is 2.85 bits per heavy atom. The molecule has 1 saturated heterocycles. The molecule has 1 aliphatic heterocycles. The quantitative estimate of drug-likeness (QED) is 0.268. The van der Waals surface area contributed by atoms with Gasteiger partial charge in [0.05, 0.1) is 0 Å². The summed E-state index contributed by atoms with van der Waals surface area (Å²) in [5.74, 6) is 2.39. The van der Waals surface area contributed by atoms with Crippen LogP contribution in [0, 0.1) is 12.8 Å². The smallest absolute Gasteiger partial charge is 0.226 e. The van der Waals surface area contributed by atoms with Gasteiger partial charge in [0.15, 0.2) is 11.8 Å². The first kappa shape index (κ1) is 22.7. The maximum atomic E-state index is 12.1. The van der Waals surface area contributed by atoms with E-state index in [2.05, 4.69) is 25.8 Å². The maximum Gasteiger partial charge on any atom is 0.226 e. The van der Waals surface area contributed by atoms with Crippen LogP contribution in [0.3, 0.4) is 0 Å². The van der Waals surface area contributed by atoms with E-state index in [9.17, 15) is 4.79 Å². The number of amides is 1. The second-order valence-corrected chi connectivity index (χ2v) is 6.67. The van der Waals surface area contributed by atoms with Gasteiger partial charge in [0, 0.05) is 44.6 Å². The molecule has 1 aromatic rings. The van der Waals surface area contributed by atoms with Gasteiger partial charge in [-0.25, -0.2) is 0 Å². The van der Waals surface area contributed by atoms with Crippen LogP contribution in [0.15, 0.2) is 9.52 Å². The highest BCUT2D eigenvalue weighted by Crippen LogP contribution is 2.12. The van der Waals surface area contributed by atoms with Crippen molar-refractivity contribution in [1.29, 1.82) is 0 Å². The summed E-state index contributed by atoms with van der Waals surface area (Å²) in [6.07, 6.45) is 2.52. The molecule has 0 spiro atoms. The van der Waals surface area contributed by atoms with Crippen molar-refractivity contribution in [3.8, 4) is 0 Å². The summed E-state index contributed by atoms with van der Waals surface area (Å²) in [6.45, 7) is 10.8. The van der Waals surface area contributed by atoms with E-state index in [0.29, 0.717) is 18.3 Å². The van der Waals surface area contributed by atoms with Crippen LogP contribution in [0.1, 0.15) is 45.3 Å². The summed E-state index contributed by atoms with van der Waals surface area (Å²) in [5, 5.41) is 10.5. The van der Waals surface area contributed by atoms with Crippen molar-refractivity contribution in [2.75, 3.05) is 26.2 Å². The van der Waals surface area contributed by atoms with Crippen LogP contribution < -0.4 is 10.6 Å². The summed E-state index contributed by atoms with van der Waals surface area (Å²) < 4.78 is 5.10. The molecule has 1 unspecified atom stereocenters. The first-order chi connectivity index (χ1) is 12.0. The zero-order chi connectivity index (χ0) is 18.2. The number of aliphatic imine (C=N–C) groups is 1. The largest absolute Gasteiger partial charge is 0.357 e. The molecule has 1 fully saturated rings. The van der Waals surface area contributed by atoms with Crippen LogP contribution in [0.25, 0.3) is 0 Å². The fourth-order valence-corrected chi connectivity index (χ4v) is 2.82. The van der Waals surface area contributed by atoms with E-state index >= 15 is 0 Å². The molecule has 148 valence electrons. The van der Waals surface area contributed by atoms with Gasteiger partial charge in [-0.05, 0) is 26.7 Å². The minimum atomic E-state index is 0. The average Bonchev–Trinajstić information content (AvgIpc) is 3.20. The maximum absolute atomic E-state index is 12.1. The number of rotatable bonds is 7. The standard InChI is InChI=1S/C17H30N6O2.HI/c1-5-18-17(19-9-6-7-15-20-13(4)22-25-15)21-14-8-10-23(11-14)16(24)12(2)3;/h12,14H,5-11H2,1-4H3,(H2,18,19,21);1H. The lowest BCUT2D eigenvalue weighted by molar-refractivity contribution is -0.133. The number of hydrogen-bond acceptors (Lipinski definition) is 5.